The van der Waals surface area contributed by atoms with Crippen LogP contribution in [0.15, 0.2) is 67.0 Å². The second-order valence-corrected chi connectivity index (χ2v) is 6.38. The quantitative estimate of drug-likeness (QED) is 0.591. The van der Waals surface area contributed by atoms with E-state index < -0.39 is 17.6 Å². The molecular formula is C21H17F3N4O2. The number of carbonyl (C=O) groups excluding carboxylic acids is 2. The molecule has 3 aromatic rings. The molecule has 3 rings (SSSR count). The Bertz CT molecular complexity index is 1070. The number of carbonyl (C=O) groups is 2. The maximum absolute atomic E-state index is 12.8. The Morgan fingerprint density at radius 3 is 2.37 bits per heavy atom. The molecule has 9 heteroatoms. The van der Waals surface area contributed by atoms with Crippen LogP contribution in [0.25, 0.3) is 0 Å². The molecule has 154 valence electrons. The third-order valence-electron chi connectivity index (χ3n) is 4.22. The van der Waals surface area contributed by atoms with Crippen molar-refractivity contribution in [3.8, 4) is 0 Å². The van der Waals surface area contributed by atoms with Crippen molar-refractivity contribution in [1.82, 2.24) is 10.3 Å². The van der Waals surface area contributed by atoms with Gasteiger partial charge >= 0.3 is 6.18 Å². The molecule has 2 aromatic carbocycles. The highest BCUT2D eigenvalue weighted by Crippen LogP contribution is 2.29. The molecule has 6 nitrogen and oxygen atoms in total. The number of aromatic nitrogens is 1. The van der Waals surface area contributed by atoms with Gasteiger partial charge < -0.3 is 16.4 Å². The van der Waals surface area contributed by atoms with E-state index in [9.17, 15) is 22.8 Å². The Hall–Kier alpha value is -3.88. The normalized spacial score (nSPS) is 11.0. The van der Waals surface area contributed by atoms with Crippen molar-refractivity contribution in [2.24, 2.45) is 0 Å². The van der Waals surface area contributed by atoms with E-state index in [0.717, 1.165) is 12.1 Å². The van der Waals surface area contributed by atoms with Crippen LogP contribution in [0.1, 0.15) is 31.8 Å². The van der Waals surface area contributed by atoms with Gasteiger partial charge in [0.15, 0.2) is 0 Å². The fraction of sp³-hybridized carbons (Fsp3) is 0.0952. The van der Waals surface area contributed by atoms with E-state index in [4.69, 9.17) is 5.73 Å². The smallest absolute Gasteiger partial charge is 0.396 e. The lowest BCUT2D eigenvalue weighted by molar-refractivity contribution is -0.137. The van der Waals surface area contributed by atoms with E-state index in [-0.39, 0.29) is 18.0 Å². The van der Waals surface area contributed by atoms with E-state index in [1.54, 1.807) is 30.3 Å². The van der Waals surface area contributed by atoms with Gasteiger partial charge in [-0.2, -0.15) is 13.2 Å². The standard InChI is InChI=1S/C21H17F3N4O2/c22-21(23,24)16-3-1-2-15(10-16)19(29)27-11-13-4-6-14(7-5-13)20(30)28-18-8-9-26-12-17(18)25/h1-10,12H,11,25H2,(H,27,29)(H,26,28,30). The fourth-order valence-corrected chi connectivity index (χ4v) is 2.61. The number of pyridine rings is 1. The molecule has 2 amide bonds. The van der Waals surface area contributed by atoms with Gasteiger partial charge in [0.1, 0.15) is 0 Å². The number of amides is 2. The number of benzene rings is 2. The molecule has 1 heterocycles. The molecule has 4 N–H and O–H groups in total. The minimum atomic E-state index is -4.52. The number of hydrogen-bond donors (Lipinski definition) is 3. The van der Waals surface area contributed by atoms with Gasteiger partial charge in [0.05, 0.1) is 23.1 Å². The number of nitrogens with zero attached hydrogens (tertiary/aromatic N) is 1. The van der Waals surface area contributed by atoms with Crippen LogP contribution in [0.3, 0.4) is 0 Å². The molecule has 0 aliphatic heterocycles. The summed E-state index contributed by atoms with van der Waals surface area (Å²) in [5.74, 6) is -0.997. The van der Waals surface area contributed by atoms with E-state index in [0.29, 0.717) is 22.5 Å². The Kier molecular flexibility index (Phi) is 6.01. The molecule has 0 atom stereocenters. The van der Waals surface area contributed by atoms with Crippen molar-refractivity contribution in [1.29, 1.82) is 0 Å². The Morgan fingerprint density at radius 2 is 1.70 bits per heavy atom. The molecule has 0 aliphatic carbocycles. The number of nitrogens with two attached hydrogens (primary N) is 1. The molecular weight excluding hydrogens is 397 g/mol. The molecule has 30 heavy (non-hydrogen) atoms. The number of rotatable bonds is 5. The van der Waals surface area contributed by atoms with E-state index in [2.05, 4.69) is 15.6 Å². The Balaban J connectivity index is 1.60. The monoisotopic (exact) mass is 414 g/mol. The average molecular weight is 414 g/mol. The second kappa shape index (κ2) is 8.64. The molecule has 0 spiro atoms. The summed E-state index contributed by atoms with van der Waals surface area (Å²) in [4.78, 5) is 28.3. The van der Waals surface area contributed by atoms with E-state index in [1.165, 1.54) is 24.5 Å². The van der Waals surface area contributed by atoms with E-state index >= 15 is 0 Å². The third-order valence-corrected chi connectivity index (χ3v) is 4.22. The maximum atomic E-state index is 12.8. The Morgan fingerprint density at radius 1 is 0.967 bits per heavy atom. The first kappa shape index (κ1) is 20.8. The van der Waals surface area contributed by atoms with Crippen LogP contribution in [0, 0.1) is 0 Å². The van der Waals surface area contributed by atoms with E-state index in [1.807, 2.05) is 0 Å². The molecule has 0 radical (unpaired) electrons. The highest BCUT2D eigenvalue weighted by atomic mass is 19.4. The number of alkyl halides is 3. The average Bonchev–Trinajstić information content (AvgIpc) is 2.73. The lowest BCUT2D eigenvalue weighted by Crippen LogP contribution is -2.23. The first-order valence-corrected chi connectivity index (χ1v) is 8.79. The number of nitrogens with one attached hydrogen (secondary N) is 2. The van der Waals surface area contributed by atoms with Crippen molar-refractivity contribution >= 4 is 23.2 Å². The van der Waals surface area contributed by atoms with Gasteiger partial charge in [-0.3, -0.25) is 14.6 Å². The highest BCUT2D eigenvalue weighted by molar-refractivity contribution is 6.05. The van der Waals surface area contributed by atoms with Gasteiger partial charge in [-0.1, -0.05) is 18.2 Å². The summed E-state index contributed by atoms with van der Waals surface area (Å²) < 4.78 is 38.3. The summed E-state index contributed by atoms with van der Waals surface area (Å²) in [7, 11) is 0. The summed E-state index contributed by atoms with van der Waals surface area (Å²) in [5, 5.41) is 5.23. The summed E-state index contributed by atoms with van der Waals surface area (Å²) in [5.41, 5.74) is 6.59. The van der Waals surface area contributed by atoms with Gasteiger partial charge in [0, 0.05) is 23.9 Å². The van der Waals surface area contributed by atoms with Crippen molar-refractivity contribution < 1.29 is 22.8 Å². The summed E-state index contributed by atoms with van der Waals surface area (Å²) in [6, 6.07) is 12.2. The number of halogens is 3. The van der Waals surface area contributed by atoms with Crippen LogP contribution >= 0.6 is 0 Å². The van der Waals surface area contributed by atoms with Crippen LogP contribution in [0.5, 0.6) is 0 Å². The third kappa shape index (κ3) is 5.13. The molecule has 1 aromatic heterocycles. The van der Waals surface area contributed by atoms with Gasteiger partial charge in [0.25, 0.3) is 11.8 Å². The molecule has 0 bridgehead atoms. The molecule has 0 unspecified atom stereocenters. The minimum absolute atomic E-state index is 0.0873. The molecule has 0 saturated carbocycles. The van der Waals surface area contributed by atoms with Crippen LogP contribution < -0.4 is 16.4 Å². The van der Waals surface area contributed by atoms with Crippen molar-refractivity contribution in [2.75, 3.05) is 11.1 Å². The summed E-state index contributed by atoms with van der Waals surface area (Å²) in [6.07, 6.45) is -1.60. The van der Waals surface area contributed by atoms with Crippen LogP contribution in [-0.4, -0.2) is 16.8 Å². The highest BCUT2D eigenvalue weighted by Gasteiger charge is 2.30. The predicted octanol–water partition coefficient (Wildman–Crippen LogP) is 3.86. The van der Waals surface area contributed by atoms with Gasteiger partial charge in [-0.05, 0) is 42.0 Å². The molecule has 0 saturated heterocycles. The lowest BCUT2D eigenvalue weighted by Gasteiger charge is -2.10. The zero-order chi connectivity index (χ0) is 21.7. The van der Waals surface area contributed by atoms with Crippen LogP contribution in [0.4, 0.5) is 24.5 Å². The zero-order valence-electron chi connectivity index (χ0n) is 15.5. The van der Waals surface area contributed by atoms with Crippen molar-refractivity contribution in [3.05, 3.63) is 89.2 Å². The first-order chi connectivity index (χ1) is 14.2. The van der Waals surface area contributed by atoms with Crippen LogP contribution in [0.2, 0.25) is 0 Å². The second-order valence-electron chi connectivity index (χ2n) is 6.38. The SMILES string of the molecule is Nc1cnccc1NC(=O)c1ccc(CNC(=O)c2cccc(C(F)(F)F)c2)cc1. The largest absolute Gasteiger partial charge is 0.416 e. The van der Waals surface area contributed by atoms with Gasteiger partial charge in [-0.25, -0.2) is 0 Å². The summed E-state index contributed by atoms with van der Waals surface area (Å²) >= 11 is 0. The Labute approximate surface area is 169 Å². The van der Waals surface area contributed by atoms with Crippen molar-refractivity contribution in [2.45, 2.75) is 12.7 Å². The van der Waals surface area contributed by atoms with Crippen LogP contribution in [-0.2, 0) is 12.7 Å². The number of anilines is 2. The minimum Gasteiger partial charge on any atom is -0.396 e. The number of hydrogen-bond acceptors (Lipinski definition) is 4. The van der Waals surface area contributed by atoms with Crippen molar-refractivity contribution in [3.63, 3.8) is 0 Å². The summed E-state index contributed by atoms with van der Waals surface area (Å²) in [6.45, 7) is 0.0915. The molecule has 0 fully saturated rings. The topological polar surface area (TPSA) is 97.1 Å². The maximum Gasteiger partial charge on any atom is 0.416 e. The molecule has 0 aliphatic rings. The zero-order valence-corrected chi connectivity index (χ0v) is 15.5. The predicted molar refractivity (Wildman–Crippen MR) is 106 cm³/mol. The lowest BCUT2D eigenvalue weighted by atomic mass is 10.1. The number of nitrogen functional groups attached to an aromatic ring is 1. The fourth-order valence-electron chi connectivity index (χ4n) is 2.61. The van der Waals surface area contributed by atoms with Gasteiger partial charge in [0.2, 0.25) is 0 Å². The van der Waals surface area contributed by atoms with Gasteiger partial charge in [-0.15, -0.1) is 0 Å². The first-order valence-electron chi connectivity index (χ1n) is 8.79.